The summed E-state index contributed by atoms with van der Waals surface area (Å²) in [5, 5.41) is 3.43. The zero-order chi connectivity index (χ0) is 17.4. The van der Waals surface area contributed by atoms with Crippen molar-refractivity contribution in [2.45, 2.75) is 26.7 Å². The van der Waals surface area contributed by atoms with Gasteiger partial charge in [-0.05, 0) is 38.0 Å². The topological polar surface area (TPSA) is 73.3 Å². The Bertz CT molecular complexity index is 695. The number of amides is 1. The predicted molar refractivity (Wildman–Crippen MR) is 92.8 cm³/mol. The number of carbonyl (C=O) groups is 1. The quantitative estimate of drug-likeness (QED) is 0.789. The van der Waals surface area contributed by atoms with Crippen LogP contribution in [0.3, 0.4) is 0 Å². The Morgan fingerprint density at radius 1 is 1.25 bits per heavy atom. The van der Waals surface area contributed by atoms with Crippen LogP contribution >= 0.6 is 11.6 Å². The Balaban J connectivity index is 1.99. The van der Waals surface area contributed by atoms with Gasteiger partial charge in [-0.2, -0.15) is 4.98 Å². The summed E-state index contributed by atoms with van der Waals surface area (Å²) in [5.41, 5.74) is 1.43. The first-order chi connectivity index (χ1) is 11.6. The van der Waals surface area contributed by atoms with Crippen LogP contribution < -0.4 is 14.8 Å². The van der Waals surface area contributed by atoms with E-state index in [1.54, 1.807) is 6.07 Å². The largest absolute Gasteiger partial charge is 0.476 e. The van der Waals surface area contributed by atoms with Gasteiger partial charge in [0.1, 0.15) is 5.69 Å². The number of hydrogen-bond donors (Lipinski definition) is 1. The first-order valence-electron chi connectivity index (χ1n) is 7.79. The summed E-state index contributed by atoms with van der Waals surface area (Å²) in [7, 11) is 0. The van der Waals surface area contributed by atoms with E-state index in [0.717, 1.165) is 5.56 Å². The van der Waals surface area contributed by atoms with Crippen molar-refractivity contribution >= 4 is 23.2 Å². The van der Waals surface area contributed by atoms with Gasteiger partial charge in [0.05, 0.1) is 19.4 Å². The number of anilines is 1. The molecule has 7 heteroatoms. The second kappa shape index (κ2) is 9.08. The third-order valence-corrected chi connectivity index (χ3v) is 3.33. The number of nitrogens with one attached hydrogen (secondary N) is 1. The monoisotopic (exact) mass is 349 g/mol. The van der Waals surface area contributed by atoms with Gasteiger partial charge < -0.3 is 14.8 Å². The smallest absolute Gasteiger partial charge is 0.319 e. The lowest BCUT2D eigenvalue weighted by Gasteiger charge is -2.11. The highest BCUT2D eigenvalue weighted by Gasteiger charge is 2.12. The average molecular weight is 350 g/mol. The lowest BCUT2D eigenvalue weighted by Crippen LogP contribution is -2.14. The van der Waals surface area contributed by atoms with E-state index in [0.29, 0.717) is 42.6 Å². The maximum atomic E-state index is 12.2. The van der Waals surface area contributed by atoms with Gasteiger partial charge in [-0.25, -0.2) is 4.98 Å². The van der Waals surface area contributed by atoms with Gasteiger partial charge in [-0.1, -0.05) is 23.7 Å². The van der Waals surface area contributed by atoms with Crippen LogP contribution in [-0.2, 0) is 11.2 Å². The van der Waals surface area contributed by atoms with Gasteiger partial charge in [0.25, 0.3) is 0 Å². The molecule has 0 saturated carbocycles. The highest BCUT2D eigenvalue weighted by atomic mass is 35.5. The Hall–Kier alpha value is -2.34. The van der Waals surface area contributed by atoms with E-state index in [1.807, 2.05) is 32.0 Å². The van der Waals surface area contributed by atoms with Crippen molar-refractivity contribution in [3.63, 3.8) is 0 Å². The van der Waals surface area contributed by atoms with Crippen LogP contribution in [0.4, 0.5) is 5.69 Å². The lowest BCUT2D eigenvalue weighted by molar-refractivity contribution is -0.116. The Labute approximate surface area is 146 Å². The van der Waals surface area contributed by atoms with E-state index in [2.05, 4.69) is 15.3 Å². The zero-order valence-corrected chi connectivity index (χ0v) is 14.5. The Morgan fingerprint density at radius 3 is 2.75 bits per heavy atom. The van der Waals surface area contributed by atoms with E-state index in [9.17, 15) is 4.79 Å². The molecule has 1 aromatic heterocycles. The fourth-order valence-corrected chi connectivity index (χ4v) is 2.26. The normalized spacial score (nSPS) is 10.3. The van der Waals surface area contributed by atoms with Crippen LogP contribution in [0.5, 0.6) is 11.9 Å². The Kier molecular flexibility index (Phi) is 6.81. The van der Waals surface area contributed by atoms with Crippen molar-refractivity contribution < 1.29 is 14.3 Å². The number of aromatic nitrogens is 2. The number of rotatable bonds is 8. The number of hydrogen-bond acceptors (Lipinski definition) is 5. The fourth-order valence-electron chi connectivity index (χ4n) is 2.05. The zero-order valence-electron chi connectivity index (χ0n) is 13.7. The number of ether oxygens (including phenoxy) is 2. The lowest BCUT2D eigenvalue weighted by atomic mass is 10.1. The van der Waals surface area contributed by atoms with Crippen molar-refractivity contribution in [3.05, 3.63) is 41.0 Å². The minimum absolute atomic E-state index is 0.149. The molecule has 1 heterocycles. The summed E-state index contributed by atoms with van der Waals surface area (Å²) < 4.78 is 10.7. The van der Waals surface area contributed by atoms with Crippen molar-refractivity contribution in [2.75, 3.05) is 18.5 Å². The molecule has 0 saturated heterocycles. The standard InChI is InChI=1S/C17H20ClN3O3/c1-3-23-16-14(11-19-17(21-16)24-4-2)20-15(22)9-8-12-6-5-7-13(18)10-12/h5-7,10-11H,3-4,8-9H2,1-2H3,(H,20,22). The number of halogens is 1. The number of benzene rings is 1. The molecule has 1 N–H and O–H groups in total. The van der Waals surface area contributed by atoms with Gasteiger partial charge in [-0.15, -0.1) is 0 Å². The molecule has 128 valence electrons. The number of nitrogens with zero attached hydrogens (tertiary/aromatic N) is 2. The summed E-state index contributed by atoms with van der Waals surface area (Å²) >= 11 is 5.94. The fraction of sp³-hybridized carbons (Fsp3) is 0.353. The second-order valence-electron chi connectivity index (χ2n) is 4.92. The molecule has 24 heavy (non-hydrogen) atoms. The molecule has 6 nitrogen and oxygen atoms in total. The summed E-state index contributed by atoms with van der Waals surface area (Å²) in [6, 6.07) is 7.67. The summed E-state index contributed by atoms with van der Waals surface area (Å²) in [5.74, 6) is 0.149. The first kappa shape index (κ1) is 18.0. The third-order valence-electron chi connectivity index (χ3n) is 3.09. The molecule has 0 aliphatic carbocycles. The predicted octanol–water partition coefficient (Wildman–Crippen LogP) is 3.50. The summed E-state index contributed by atoms with van der Waals surface area (Å²) in [4.78, 5) is 20.3. The average Bonchev–Trinajstić information content (AvgIpc) is 2.56. The molecular weight excluding hydrogens is 330 g/mol. The molecule has 2 rings (SSSR count). The van der Waals surface area contributed by atoms with E-state index in [-0.39, 0.29) is 11.9 Å². The van der Waals surface area contributed by atoms with Crippen LogP contribution in [-0.4, -0.2) is 29.1 Å². The molecular formula is C17H20ClN3O3. The maximum absolute atomic E-state index is 12.2. The molecule has 0 unspecified atom stereocenters. The van der Waals surface area contributed by atoms with E-state index < -0.39 is 0 Å². The van der Waals surface area contributed by atoms with Crippen LogP contribution in [0.25, 0.3) is 0 Å². The number of carbonyl (C=O) groups excluding carboxylic acids is 1. The third kappa shape index (κ3) is 5.38. The summed E-state index contributed by atoms with van der Waals surface area (Å²) in [6.45, 7) is 4.56. The molecule has 0 atom stereocenters. The molecule has 0 aliphatic heterocycles. The highest BCUT2D eigenvalue weighted by Crippen LogP contribution is 2.23. The SMILES string of the molecule is CCOc1ncc(NC(=O)CCc2cccc(Cl)c2)c(OCC)n1. The van der Waals surface area contributed by atoms with Gasteiger partial charge >= 0.3 is 6.01 Å². The van der Waals surface area contributed by atoms with E-state index in [1.165, 1.54) is 6.20 Å². The molecule has 0 radical (unpaired) electrons. The number of aryl methyl sites for hydroxylation is 1. The van der Waals surface area contributed by atoms with Crippen molar-refractivity contribution in [1.82, 2.24) is 9.97 Å². The van der Waals surface area contributed by atoms with Crippen molar-refractivity contribution in [2.24, 2.45) is 0 Å². The molecule has 0 bridgehead atoms. The van der Waals surface area contributed by atoms with Gasteiger partial charge in [0, 0.05) is 11.4 Å². The van der Waals surface area contributed by atoms with Crippen LogP contribution in [0, 0.1) is 0 Å². The van der Waals surface area contributed by atoms with Gasteiger partial charge in [0.2, 0.25) is 11.8 Å². The van der Waals surface area contributed by atoms with Crippen LogP contribution in [0.2, 0.25) is 5.02 Å². The van der Waals surface area contributed by atoms with Crippen molar-refractivity contribution in [1.29, 1.82) is 0 Å². The minimum atomic E-state index is -0.149. The molecule has 1 amide bonds. The van der Waals surface area contributed by atoms with Crippen molar-refractivity contribution in [3.8, 4) is 11.9 Å². The molecule has 0 spiro atoms. The molecule has 2 aromatic rings. The highest BCUT2D eigenvalue weighted by molar-refractivity contribution is 6.30. The Morgan fingerprint density at radius 2 is 2.04 bits per heavy atom. The van der Waals surface area contributed by atoms with Gasteiger partial charge in [0.15, 0.2) is 0 Å². The minimum Gasteiger partial charge on any atom is -0.476 e. The second-order valence-corrected chi connectivity index (χ2v) is 5.35. The van der Waals surface area contributed by atoms with Crippen LogP contribution in [0.15, 0.2) is 30.5 Å². The van der Waals surface area contributed by atoms with E-state index >= 15 is 0 Å². The van der Waals surface area contributed by atoms with E-state index in [4.69, 9.17) is 21.1 Å². The summed E-state index contributed by atoms with van der Waals surface area (Å²) in [6.07, 6.45) is 2.40. The maximum Gasteiger partial charge on any atom is 0.319 e. The van der Waals surface area contributed by atoms with Gasteiger partial charge in [-0.3, -0.25) is 4.79 Å². The molecule has 0 fully saturated rings. The molecule has 1 aromatic carbocycles. The van der Waals surface area contributed by atoms with Crippen LogP contribution in [0.1, 0.15) is 25.8 Å². The first-order valence-corrected chi connectivity index (χ1v) is 8.17. The molecule has 0 aliphatic rings.